The molecular weight excluding hydrogens is 213 g/mol. The van der Waals surface area contributed by atoms with Gasteiger partial charge in [-0.15, -0.1) is 0 Å². The number of nitrogens with zero attached hydrogens (tertiary/aromatic N) is 1. The third-order valence-corrected chi connectivity index (χ3v) is 1.92. The molecule has 0 aliphatic rings. The Kier molecular flexibility index (Phi) is 2.70. The molecule has 0 saturated heterocycles. The highest BCUT2D eigenvalue weighted by atomic mass is 79.9. The lowest BCUT2D eigenvalue weighted by Gasteiger charge is -1.97. The van der Waals surface area contributed by atoms with Crippen LogP contribution >= 0.6 is 15.9 Å². The smallest absolute Gasteiger partial charge is 0.213 e. The summed E-state index contributed by atoms with van der Waals surface area (Å²) in [7, 11) is 0. The predicted octanol–water partition coefficient (Wildman–Crippen LogP) is 1.72. The lowest BCUT2D eigenvalue weighted by Crippen LogP contribution is -1.91. The summed E-state index contributed by atoms with van der Waals surface area (Å²) < 4.78 is 13.1. The Labute approximate surface area is 71.6 Å². The Morgan fingerprint density at radius 3 is 3.09 bits per heavy atom. The Balaban J connectivity index is 3.01. The molecule has 0 unspecified atom stereocenters. The Morgan fingerprint density at radius 1 is 1.73 bits per heavy atom. The van der Waals surface area contributed by atoms with Gasteiger partial charge in [0.05, 0.1) is 0 Å². The minimum atomic E-state index is -0.565. The third-order valence-electron chi connectivity index (χ3n) is 1.20. The van der Waals surface area contributed by atoms with Crippen LogP contribution in [-0.2, 0) is 11.2 Å². The molecule has 0 fully saturated rings. The summed E-state index contributed by atoms with van der Waals surface area (Å²) in [5.74, 6) is -0.565. The molecular formula is C7H5BrFNO. The Hall–Kier alpha value is -0.770. The molecule has 1 heterocycles. The topological polar surface area (TPSA) is 30.0 Å². The molecule has 0 radical (unpaired) electrons. The average Bonchev–Trinajstić information content (AvgIpc) is 1.98. The van der Waals surface area contributed by atoms with E-state index in [-0.39, 0.29) is 6.42 Å². The second-order valence-electron chi connectivity index (χ2n) is 1.97. The lowest BCUT2D eigenvalue weighted by molar-refractivity contribution is -0.107. The van der Waals surface area contributed by atoms with Gasteiger partial charge in [0, 0.05) is 17.1 Å². The number of pyridine rings is 1. The molecule has 11 heavy (non-hydrogen) atoms. The Morgan fingerprint density at radius 2 is 2.45 bits per heavy atom. The van der Waals surface area contributed by atoms with Gasteiger partial charge in [-0.3, -0.25) is 0 Å². The van der Waals surface area contributed by atoms with Crippen molar-refractivity contribution in [1.29, 1.82) is 0 Å². The molecule has 0 saturated carbocycles. The largest absolute Gasteiger partial charge is 0.303 e. The van der Waals surface area contributed by atoms with Crippen LogP contribution in [0.3, 0.4) is 0 Å². The minimum absolute atomic E-state index is 0.208. The van der Waals surface area contributed by atoms with Gasteiger partial charge >= 0.3 is 0 Å². The normalized spacial score (nSPS) is 9.64. The summed E-state index contributed by atoms with van der Waals surface area (Å²) in [4.78, 5) is 13.5. The molecule has 4 heteroatoms. The first kappa shape index (κ1) is 8.33. The van der Waals surface area contributed by atoms with Crippen molar-refractivity contribution in [3.63, 3.8) is 0 Å². The second kappa shape index (κ2) is 3.57. The highest BCUT2D eigenvalue weighted by molar-refractivity contribution is 9.10. The van der Waals surface area contributed by atoms with Crippen molar-refractivity contribution in [1.82, 2.24) is 4.98 Å². The minimum Gasteiger partial charge on any atom is -0.303 e. The molecule has 0 spiro atoms. The van der Waals surface area contributed by atoms with Gasteiger partial charge in [-0.2, -0.15) is 4.39 Å². The van der Waals surface area contributed by atoms with Gasteiger partial charge in [0.2, 0.25) is 5.95 Å². The molecule has 0 N–H and O–H groups in total. The van der Waals surface area contributed by atoms with Crippen molar-refractivity contribution >= 4 is 22.2 Å². The first-order valence-electron chi connectivity index (χ1n) is 2.97. The van der Waals surface area contributed by atoms with Crippen molar-refractivity contribution in [2.24, 2.45) is 0 Å². The molecule has 0 amide bonds. The first-order chi connectivity index (χ1) is 5.24. The zero-order valence-corrected chi connectivity index (χ0v) is 7.14. The highest BCUT2D eigenvalue weighted by Gasteiger charge is 2.00. The molecule has 2 nitrogen and oxygen atoms in total. The fourth-order valence-corrected chi connectivity index (χ4v) is 1.08. The van der Waals surface area contributed by atoms with Gasteiger partial charge in [0.1, 0.15) is 6.29 Å². The quantitative estimate of drug-likeness (QED) is 0.558. The molecule has 0 aromatic carbocycles. The number of aldehydes is 1. The van der Waals surface area contributed by atoms with Crippen LogP contribution in [0.5, 0.6) is 0 Å². The molecule has 1 rings (SSSR count). The first-order valence-corrected chi connectivity index (χ1v) is 3.77. The van der Waals surface area contributed by atoms with Crippen LogP contribution in [0.15, 0.2) is 16.7 Å². The van der Waals surface area contributed by atoms with Gasteiger partial charge in [0.25, 0.3) is 0 Å². The zero-order chi connectivity index (χ0) is 8.27. The molecule has 1 aromatic rings. The fraction of sp³-hybridized carbons (Fsp3) is 0.143. The number of aromatic nitrogens is 1. The van der Waals surface area contributed by atoms with Crippen LogP contribution in [0, 0.1) is 5.95 Å². The molecule has 1 aromatic heterocycles. The number of carbonyl (C=O) groups excluding carboxylic acids is 1. The maximum absolute atomic E-state index is 12.4. The van der Waals surface area contributed by atoms with Crippen molar-refractivity contribution in [3.05, 3.63) is 28.2 Å². The SMILES string of the molecule is O=CCc1cc(F)ncc1Br. The second-order valence-corrected chi connectivity index (χ2v) is 2.82. The summed E-state index contributed by atoms with van der Waals surface area (Å²) in [5, 5.41) is 0. The number of carbonyl (C=O) groups is 1. The van der Waals surface area contributed by atoms with Gasteiger partial charge in [-0.05, 0) is 27.6 Å². The van der Waals surface area contributed by atoms with Crippen LogP contribution in [0.2, 0.25) is 0 Å². The fourth-order valence-electron chi connectivity index (χ4n) is 0.697. The van der Waals surface area contributed by atoms with E-state index in [4.69, 9.17) is 0 Å². The van der Waals surface area contributed by atoms with Crippen LogP contribution in [-0.4, -0.2) is 11.3 Å². The van der Waals surface area contributed by atoms with Crippen molar-refractivity contribution in [2.45, 2.75) is 6.42 Å². The summed E-state index contributed by atoms with van der Waals surface area (Å²) in [6.45, 7) is 0. The van der Waals surface area contributed by atoms with Gasteiger partial charge in [0.15, 0.2) is 0 Å². The summed E-state index contributed by atoms with van der Waals surface area (Å²) in [6.07, 6.45) is 2.27. The number of hydrogen-bond acceptors (Lipinski definition) is 2. The van der Waals surface area contributed by atoms with Crippen LogP contribution in [0.1, 0.15) is 5.56 Å². The van der Waals surface area contributed by atoms with Crippen molar-refractivity contribution in [2.75, 3.05) is 0 Å². The van der Waals surface area contributed by atoms with E-state index in [0.29, 0.717) is 10.0 Å². The van der Waals surface area contributed by atoms with Crippen LogP contribution in [0.25, 0.3) is 0 Å². The average molecular weight is 218 g/mol. The monoisotopic (exact) mass is 217 g/mol. The maximum Gasteiger partial charge on any atom is 0.213 e. The zero-order valence-electron chi connectivity index (χ0n) is 5.55. The van der Waals surface area contributed by atoms with Crippen LogP contribution < -0.4 is 0 Å². The molecule has 0 bridgehead atoms. The van der Waals surface area contributed by atoms with Gasteiger partial charge < -0.3 is 4.79 Å². The van der Waals surface area contributed by atoms with Gasteiger partial charge in [-0.25, -0.2) is 4.98 Å². The van der Waals surface area contributed by atoms with E-state index in [0.717, 1.165) is 6.29 Å². The van der Waals surface area contributed by atoms with Crippen molar-refractivity contribution in [3.8, 4) is 0 Å². The van der Waals surface area contributed by atoms with E-state index in [9.17, 15) is 9.18 Å². The Bertz CT molecular complexity index is 277. The molecule has 58 valence electrons. The molecule has 0 atom stereocenters. The van der Waals surface area contributed by atoms with Crippen LogP contribution in [0.4, 0.5) is 4.39 Å². The third kappa shape index (κ3) is 2.08. The highest BCUT2D eigenvalue weighted by Crippen LogP contribution is 2.15. The summed E-state index contributed by atoms with van der Waals surface area (Å²) >= 11 is 3.14. The number of halogens is 2. The van der Waals surface area contributed by atoms with E-state index >= 15 is 0 Å². The molecule has 0 aliphatic heterocycles. The lowest BCUT2D eigenvalue weighted by atomic mass is 10.2. The summed E-state index contributed by atoms with van der Waals surface area (Å²) in [6, 6.07) is 1.23. The van der Waals surface area contributed by atoms with E-state index < -0.39 is 5.95 Å². The number of rotatable bonds is 2. The standard InChI is InChI=1S/C7H5BrFNO/c8-6-4-10-7(9)3-5(6)1-2-11/h2-4H,1H2. The summed E-state index contributed by atoms with van der Waals surface area (Å²) in [5.41, 5.74) is 0.618. The van der Waals surface area contributed by atoms with Gasteiger partial charge in [-0.1, -0.05) is 0 Å². The van der Waals surface area contributed by atoms with E-state index in [2.05, 4.69) is 20.9 Å². The number of hydrogen-bond donors (Lipinski definition) is 0. The van der Waals surface area contributed by atoms with Crippen molar-refractivity contribution < 1.29 is 9.18 Å². The molecule has 0 aliphatic carbocycles. The van der Waals surface area contributed by atoms with E-state index in [1.807, 2.05) is 0 Å². The van der Waals surface area contributed by atoms with E-state index in [1.165, 1.54) is 12.3 Å². The van der Waals surface area contributed by atoms with E-state index in [1.54, 1.807) is 0 Å². The predicted molar refractivity (Wildman–Crippen MR) is 41.7 cm³/mol. The maximum atomic E-state index is 12.4.